The first-order valence-electron chi connectivity index (χ1n) is 7.36. The second-order valence-electron chi connectivity index (χ2n) is 6.46. The van der Waals surface area contributed by atoms with Crippen molar-refractivity contribution in [2.24, 2.45) is 17.8 Å². The standard InChI is InChI=1S/C15H27NO/c1-10(2)12-7-8-15(17)13(9-12)14-6-4-5-11(3)16-14/h10-14,16H,4-9H2,1-3H3. The summed E-state index contributed by atoms with van der Waals surface area (Å²) in [4.78, 5) is 12.1. The third-order valence-electron chi connectivity index (χ3n) is 4.81. The Hall–Kier alpha value is -0.370. The quantitative estimate of drug-likeness (QED) is 0.799. The zero-order valence-electron chi connectivity index (χ0n) is 11.5. The predicted molar refractivity (Wildman–Crippen MR) is 70.9 cm³/mol. The van der Waals surface area contributed by atoms with E-state index in [1.165, 1.54) is 19.3 Å². The Labute approximate surface area is 106 Å². The van der Waals surface area contributed by atoms with Crippen molar-refractivity contribution in [2.75, 3.05) is 0 Å². The van der Waals surface area contributed by atoms with Gasteiger partial charge in [-0.25, -0.2) is 0 Å². The Morgan fingerprint density at radius 3 is 2.65 bits per heavy atom. The number of nitrogens with one attached hydrogen (secondary N) is 1. The maximum Gasteiger partial charge on any atom is 0.137 e. The predicted octanol–water partition coefficient (Wildman–Crippen LogP) is 3.16. The molecule has 4 unspecified atom stereocenters. The van der Waals surface area contributed by atoms with E-state index in [1.807, 2.05) is 0 Å². The molecule has 1 saturated carbocycles. The Bertz CT molecular complexity index is 274. The van der Waals surface area contributed by atoms with Crippen LogP contribution in [0.2, 0.25) is 0 Å². The van der Waals surface area contributed by atoms with Crippen LogP contribution in [-0.4, -0.2) is 17.9 Å². The van der Waals surface area contributed by atoms with E-state index in [4.69, 9.17) is 0 Å². The second-order valence-corrected chi connectivity index (χ2v) is 6.46. The number of Topliss-reactive ketones (excluding diaryl/α,β-unsaturated/α-hetero) is 1. The van der Waals surface area contributed by atoms with Gasteiger partial charge in [-0.1, -0.05) is 20.3 Å². The van der Waals surface area contributed by atoms with Crippen LogP contribution in [0, 0.1) is 17.8 Å². The zero-order valence-corrected chi connectivity index (χ0v) is 11.5. The van der Waals surface area contributed by atoms with Crippen LogP contribution in [0.3, 0.4) is 0 Å². The van der Waals surface area contributed by atoms with Crippen LogP contribution in [0.1, 0.15) is 59.3 Å². The first-order valence-corrected chi connectivity index (χ1v) is 7.36. The van der Waals surface area contributed by atoms with Gasteiger partial charge in [0.05, 0.1) is 0 Å². The van der Waals surface area contributed by atoms with E-state index in [9.17, 15) is 4.79 Å². The third-order valence-corrected chi connectivity index (χ3v) is 4.81. The van der Waals surface area contributed by atoms with E-state index in [0.29, 0.717) is 23.8 Å². The Balaban J connectivity index is 1.99. The van der Waals surface area contributed by atoms with Gasteiger partial charge in [0, 0.05) is 24.4 Å². The molecule has 1 aliphatic heterocycles. The van der Waals surface area contributed by atoms with Gasteiger partial charge >= 0.3 is 0 Å². The monoisotopic (exact) mass is 237 g/mol. The van der Waals surface area contributed by atoms with Crippen molar-refractivity contribution in [2.45, 2.75) is 71.4 Å². The molecule has 1 heterocycles. The summed E-state index contributed by atoms with van der Waals surface area (Å²) in [6, 6.07) is 1.06. The van der Waals surface area contributed by atoms with Gasteiger partial charge in [0.1, 0.15) is 5.78 Å². The Morgan fingerprint density at radius 1 is 1.24 bits per heavy atom. The summed E-state index contributed by atoms with van der Waals surface area (Å²) in [5.74, 6) is 2.32. The molecule has 1 N–H and O–H groups in total. The molecular weight excluding hydrogens is 210 g/mol. The van der Waals surface area contributed by atoms with Crippen molar-refractivity contribution >= 4 is 5.78 Å². The summed E-state index contributed by atoms with van der Waals surface area (Å²) >= 11 is 0. The minimum Gasteiger partial charge on any atom is -0.311 e. The molecule has 0 aromatic rings. The normalized spacial score (nSPS) is 39.6. The van der Waals surface area contributed by atoms with E-state index >= 15 is 0 Å². The molecule has 2 aliphatic rings. The lowest BCUT2D eigenvalue weighted by molar-refractivity contribution is -0.127. The van der Waals surface area contributed by atoms with Gasteiger partial charge in [-0.05, 0) is 44.4 Å². The van der Waals surface area contributed by atoms with Gasteiger partial charge in [0.2, 0.25) is 0 Å². The van der Waals surface area contributed by atoms with Crippen LogP contribution in [0.4, 0.5) is 0 Å². The maximum atomic E-state index is 12.1. The highest BCUT2D eigenvalue weighted by Crippen LogP contribution is 2.35. The average Bonchev–Trinajstić information content (AvgIpc) is 2.29. The molecule has 0 bridgehead atoms. The molecule has 98 valence electrons. The van der Waals surface area contributed by atoms with Gasteiger partial charge in [-0.2, -0.15) is 0 Å². The number of hydrogen-bond acceptors (Lipinski definition) is 2. The lowest BCUT2D eigenvalue weighted by atomic mass is 9.71. The summed E-state index contributed by atoms with van der Waals surface area (Å²) in [5, 5.41) is 3.66. The zero-order chi connectivity index (χ0) is 12.4. The van der Waals surface area contributed by atoms with Crippen LogP contribution < -0.4 is 5.32 Å². The molecule has 4 atom stereocenters. The molecule has 0 spiro atoms. The lowest BCUT2D eigenvalue weighted by Crippen LogP contribution is -2.49. The first-order chi connectivity index (χ1) is 8.08. The SMILES string of the molecule is CC1CCCC(C2CC(C(C)C)CCC2=O)N1. The maximum absolute atomic E-state index is 12.1. The van der Waals surface area contributed by atoms with Gasteiger partial charge < -0.3 is 5.32 Å². The fraction of sp³-hybridized carbons (Fsp3) is 0.933. The van der Waals surface area contributed by atoms with Crippen molar-refractivity contribution < 1.29 is 4.79 Å². The fourth-order valence-corrected chi connectivity index (χ4v) is 3.58. The summed E-state index contributed by atoms with van der Waals surface area (Å²) in [6.07, 6.45) is 6.82. The Kier molecular flexibility index (Phi) is 4.24. The molecule has 2 heteroatoms. The van der Waals surface area contributed by atoms with Crippen molar-refractivity contribution in [1.82, 2.24) is 5.32 Å². The van der Waals surface area contributed by atoms with E-state index < -0.39 is 0 Å². The molecular formula is C15H27NO. The molecule has 0 aromatic carbocycles. The number of rotatable bonds is 2. The highest BCUT2D eigenvalue weighted by Gasteiger charge is 2.36. The number of ketones is 1. The number of piperidine rings is 1. The smallest absolute Gasteiger partial charge is 0.137 e. The van der Waals surface area contributed by atoms with Gasteiger partial charge in [-0.15, -0.1) is 0 Å². The average molecular weight is 237 g/mol. The van der Waals surface area contributed by atoms with E-state index in [0.717, 1.165) is 31.1 Å². The van der Waals surface area contributed by atoms with Gasteiger partial charge in [-0.3, -0.25) is 4.79 Å². The molecule has 1 aliphatic carbocycles. The van der Waals surface area contributed by atoms with Crippen molar-refractivity contribution in [1.29, 1.82) is 0 Å². The van der Waals surface area contributed by atoms with Crippen LogP contribution in [0.15, 0.2) is 0 Å². The van der Waals surface area contributed by atoms with Crippen LogP contribution in [0.25, 0.3) is 0 Å². The first kappa shape index (κ1) is 13.1. The number of carbonyl (C=O) groups is 1. The van der Waals surface area contributed by atoms with Crippen molar-refractivity contribution in [3.05, 3.63) is 0 Å². The van der Waals surface area contributed by atoms with Crippen molar-refractivity contribution in [3.63, 3.8) is 0 Å². The summed E-state index contributed by atoms with van der Waals surface area (Å²) in [7, 11) is 0. The molecule has 2 fully saturated rings. The number of hydrogen-bond donors (Lipinski definition) is 1. The molecule has 2 nitrogen and oxygen atoms in total. The summed E-state index contributed by atoms with van der Waals surface area (Å²) in [6.45, 7) is 6.85. The minimum atomic E-state index is 0.305. The molecule has 0 radical (unpaired) electrons. The lowest BCUT2D eigenvalue weighted by Gasteiger charge is -2.39. The largest absolute Gasteiger partial charge is 0.311 e. The second kappa shape index (κ2) is 5.51. The highest BCUT2D eigenvalue weighted by molar-refractivity contribution is 5.82. The van der Waals surface area contributed by atoms with Crippen molar-refractivity contribution in [3.8, 4) is 0 Å². The summed E-state index contributed by atoms with van der Waals surface area (Å²) in [5.41, 5.74) is 0. The molecule has 0 aromatic heterocycles. The number of carbonyl (C=O) groups excluding carboxylic acids is 1. The molecule has 0 amide bonds. The minimum absolute atomic E-state index is 0.305. The third kappa shape index (κ3) is 3.09. The van der Waals surface area contributed by atoms with E-state index in [-0.39, 0.29) is 0 Å². The highest BCUT2D eigenvalue weighted by atomic mass is 16.1. The van der Waals surface area contributed by atoms with Crippen LogP contribution in [-0.2, 0) is 4.79 Å². The van der Waals surface area contributed by atoms with E-state index in [1.54, 1.807) is 0 Å². The van der Waals surface area contributed by atoms with E-state index in [2.05, 4.69) is 26.1 Å². The Morgan fingerprint density at radius 2 is 2.00 bits per heavy atom. The van der Waals surface area contributed by atoms with Gasteiger partial charge in [0.15, 0.2) is 0 Å². The summed E-state index contributed by atoms with van der Waals surface area (Å²) < 4.78 is 0. The fourth-order valence-electron chi connectivity index (χ4n) is 3.58. The molecule has 17 heavy (non-hydrogen) atoms. The molecule has 2 rings (SSSR count). The topological polar surface area (TPSA) is 29.1 Å². The molecule has 1 saturated heterocycles. The van der Waals surface area contributed by atoms with Crippen LogP contribution >= 0.6 is 0 Å². The van der Waals surface area contributed by atoms with Gasteiger partial charge in [0.25, 0.3) is 0 Å². The van der Waals surface area contributed by atoms with Crippen LogP contribution in [0.5, 0.6) is 0 Å².